The molecule has 4 N–H and O–H groups in total. The molecule has 7 heteroatoms. The van der Waals surface area contributed by atoms with E-state index in [2.05, 4.69) is 0 Å². The number of carbonyl (C=O) groups is 1. The Morgan fingerprint density at radius 1 is 1.28 bits per heavy atom. The zero-order chi connectivity index (χ0) is 14.1. The molecule has 0 radical (unpaired) electrons. The molecule has 0 saturated carbocycles. The van der Waals surface area contributed by atoms with Crippen molar-refractivity contribution in [3.05, 3.63) is 0 Å². The normalized spacial score (nSPS) is 33.4. The first-order valence-corrected chi connectivity index (χ1v) is 5.82. The number of nitrogens with zero attached hydrogens (tertiary/aromatic N) is 1. The van der Waals surface area contributed by atoms with Crippen LogP contribution in [-0.2, 0) is 4.74 Å². The van der Waals surface area contributed by atoms with Gasteiger partial charge in [0.2, 0.25) is 0 Å². The summed E-state index contributed by atoms with van der Waals surface area (Å²) in [6, 6.07) is -0.988. The summed E-state index contributed by atoms with van der Waals surface area (Å²) in [6.45, 7) is 4.34. The number of β-amino-alcohol motifs (C(OH)–C–C–N with tert-alkyl or cyclic N) is 1. The first kappa shape index (κ1) is 15.2. The molecule has 0 bridgehead atoms. The van der Waals surface area contributed by atoms with Gasteiger partial charge in [-0.25, -0.2) is 4.79 Å². The summed E-state index contributed by atoms with van der Waals surface area (Å²) in [4.78, 5) is 12.9. The number of rotatable bonds is 1. The molecule has 0 aromatic rings. The maximum absolute atomic E-state index is 11.9. The monoisotopic (exact) mass is 263 g/mol. The molecule has 4 atom stereocenters. The number of carbonyl (C=O) groups excluding carboxylic acids is 1. The molecule has 1 aliphatic rings. The molecule has 1 rings (SSSR count). The highest BCUT2D eigenvalue weighted by molar-refractivity contribution is 5.69. The van der Waals surface area contributed by atoms with Gasteiger partial charge >= 0.3 is 6.09 Å². The van der Waals surface area contributed by atoms with E-state index >= 15 is 0 Å². The summed E-state index contributed by atoms with van der Waals surface area (Å²) >= 11 is 0. The van der Waals surface area contributed by atoms with Gasteiger partial charge in [0.25, 0.3) is 0 Å². The van der Waals surface area contributed by atoms with Gasteiger partial charge in [0.1, 0.15) is 23.9 Å². The first-order valence-electron chi connectivity index (χ1n) is 5.82. The molecule has 7 nitrogen and oxygen atoms in total. The van der Waals surface area contributed by atoms with Crippen molar-refractivity contribution in [2.45, 2.75) is 50.7 Å². The number of hydrogen-bond acceptors (Lipinski definition) is 6. The van der Waals surface area contributed by atoms with Crippen LogP contribution in [0.3, 0.4) is 0 Å². The lowest BCUT2D eigenvalue weighted by atomic mass is 9.95. The van der Waals surface area contributed by atoms with E-state index < -0.39 is 42.7 Å². The third-order valence-electron chi connectivity index (χ3n) is 2.74. The Morgan fingerprint density at radius 2 is 1.83 bits per heavy atom. The molecule has 0 aromatic heterocycles. The number of aliphatic hydroxyl groups excluding tert-OH is 4. The van der Waals surface area contributed by atoms with Crippen LogP contribution in [0, 0.1) is 0 Å². The van der Waals surface area contributed by atoms with Gasteiger partial charge in [0.05, 0.1) is 19.2 Å². The second-order valence-corrected chi connectivity index (χ2v) is 5.43. The van der Waals surface area contributed by atoms with Crippen molar-refractivity contribution in [3.63, 3.8) is 0 Å². The number of ether oxygens (including phenoxy) is 1. The number of hydrogen-bond donors (Lipinski definition) is 4. The first-order chi connectivity index (χ1) is 8.17. The predicted octanol–water partition coefficient (Wildman–Crippen LogP) is -1.32. The van der Waals surface area contributed by atoms with Gasteiger partial charge in [-0.05, 0) is 20.8 Å². The Morgan fingerprint density at radius 3 is 2.28 bits per heavy atom. The van der Waals surface area contributed by atoms with Crippen LogP contribution in [0.25, 0.3) is 0 Å². The van der Waals surface area contributed by atoms with Crippen molar-refractivity contribution in [2.24, 2.45) is 0 Å². The van der Waals surface area contributed by atoms with Crippen LogP contribution in [0.15, 0.2) is 0 Å². The Hall–Kier alpha value is -0.890. The van der Waals surface area contributed by atoms with Gasteiger partial charge in [0.15, 0.2) is 0 Å². The number of amides is 1. The fraction of sp³-hybridized carbons (Fsp3) is 0.909. The number of piperidine rings is 1. The van der Waals surface area contributed by atoms with Crippen LogP contribution in [0.5, 0.6) is 0 Å². The minimum absolute atomic E-state index is 0.196. The van der Waals surface area contributed by atoms with Crippen LogP contribution in [0.1, 0.15) is 20.8 Å². The maximum Gasteiger partial charge on any atom is 0.410 e. The molecular formula is C11H21NO6. The van der Waals surface area contributed by atoms with Crippen LogP contribution in [0.4, 0.5) is 4.79 Å². The van der Waals surface area contributed by atoms with Gasteiger partial charge in [-0.3, -0.25) is 4.90 Å². The summed E-state index contributed by atoms with van der Waals surface area (Å²) in [5, 5.41) is 37.9. The van der Waals surface area contributed by atoms with E-state index in [1.807, 2.05) is 0 Å². The zero-order valence-corrected chi connectivity index (χ0v) is 10.8. The molecule has 0 spiro atoms. The van der Waals surface area contributed by atoms with E-state index in [4.69, 9.17) is 4.74 Å². The quantitative estimate of drug-likeness (QED) is 0.467. The molecule has 106 valence electrons. The third-order valence-corrected chi connectivity index (χ3v) is 2.74. The van der Waals surface area contributed by atoms with Crippen molar-refractivity contribution in [2.75, 3.05) is 13.2 Å². The van der Waals surface area contributed by atoms with Gasteiger partial charge in [-0.1, -0.05) is 0 Å². The molecule has 18 heavy (non-hydrogen) atoms. The van der Waals surface area contributed by atoms with Crippen molar-refractivity contribution >= 4 is 6.09 Å². The van der Waals surface area contributed by atoms with Crippen molar-refractivity contribution in [1.82, 2.24) is 4.90 Å². The topological polar surface area (TPSA) is 110 Å². The molecule has 0 aliphatic carbocycles. The molecular weight excluding hydrogens is 242 g/mol. The van der Waals surface area contributed by atoms with Gasteiger partial charge in [-0.15, -0.1) is 0 Å². The van der Waals surface area contributed by atoms with Crippen LogP contribution < -0.4 is 0 Å². The minimum atomic E-state index is -1.41. The average molecular weight is 263 g/mol. The second-order valence-electron chi connectivity index (χ2n) is 5.43. The summed E-state index contributed by atoms with van der Waals surface area (Å²) in [5.41, 5.74) is -0.719. The average Bonchev–Trinajstić information content (AvgIpc) is 2.23. The number of likely N-dealkylation sites (tertiary alicyclic amines) is 1. The Bertz CT molecular complexity index is 302. The lowest BCUT2D eigenvalue weighted by molar-refractivity contribution is -0.141. The van der Waals surface area contributed by atoms with E-state index in [1.165, 1.54) is 0 Å². The highest BCUT2D eigenvalue weighted by Gasteiger charge is 2.44. The summed E-state index contributed by atoms with van der Waals surface area (Å²) in [7, 11) is 0. The SMILES string of the molecule is CC(C)(C)OC(=O)N1C[C@H](O)[C@@H](O)[C@H](O)[C@@H]1CO. The fourth-order valence-corrected chi connectivity index (χ4v) is 1.82. The van der Waals surface area contributed by atoms with Crippen LogP contribution in [-0.4, -0.2) is 74.5 Å². The predicted molar refractivity (Wildman–Crippen MR) is 61.8 cm³/mol. The zero-order valence-electron chi connectivity index (χ0n) is 10.8. The smallest absolute Gasteiger partial charge is 0.410 e. The van der Waals surface area contributed by atoms with E-state index in [0.29, 0.717) is 0 Å². The van der Waals surface area contributed by atoms with Gasteiger partial charge in [0, 0.05) is 0 Å². The molecule has 0 unspecified atom stereocenters. The lowest BCUT2D eigenvalue weighted by Gasteiger charge is -2.43. The largest absolute Gasteiger partial charge is 0.444 e. The molecule has 1 saturated heterocycles. The van der Waals surface area contributed by atoms with Crippen LogP contribution in [0.2, 0.25) is 0 Å². The van der Waals surface area contributed by atoms with Gasteiger partial charge < -0.3 is 25.2 Å². The number of aliphatic hydroxyl groups is 4. The standard InChI is InChI=1S/C11H21NO6/c1-11(2,3)18-10(17)12-4-7(14)9(16)8(15)6(12)5-13/h6-9,13-16H,4-5H2,1-3H3/t6-,7-,8+,9+/m0/s1. The summed E-state index contributed by atoms with van der Waals surface area (Å²) in [5.74, 6) is 0. The third kappa shape index (κ3) is 3.32. The molecule has 1 fully saturated rings. The van der Waals surface area contributed by atoms with E-state index in [0.717, 1.165) is 4.90 Å². The van der Waals surface area contributed by atoms with E-state index in [1.54, 1.807) is 20.8 Å². The van der Waals surface area contributed by atoms with E-state index in [9.17, 15) is 25.2 Å². The Balaban J connectivity index is 2.82. The maximum atomic E-state index is 11.9. The second kappa shape index (κ2) is 5.40. The highest BCUT2D eigenvalue weighted by Crippen LogP contribution is 2.21. The highest BCUT2D eigenvalue weighted by atomic mass is 16.6. The van der Waals surface area contributed by atoms with Gasteiger partial charge in [-0.2, -0.15) is 0 Å². The molecule has 1 amide bonds. The fourth-order valence-electron chi connectivity index (χ4n) is 1.82. The van der Waals surface area contributed by atoms with Crippen molar-refractivity contribution in [1.29, 1.82) is 0 Å². The van der Waals surface area contributed by atoms with Crippen molar-refractivity contribution in [3.8, 4) is 0 Å². The van der Waals surface area contributed by atoms with E-state index in [-0.39, 0.29) is 6.54 Å². The Labute approximate surface area is 106 Å². The Kier molecular flexibility index (Phi) is 4.55. The summed E-state index contributed by atoms with van der Waals surface area (Å²) in [6.07, 6.45) is -4.81. The molecule has 0 aromatic carbocycles. The summed E-state index contributed by atoms with van der Waals surface area (Å²) < 4.78 is 5.11. The van der Waals surface area contributed by atoms with Crippen LogP contribution >= 0.6 is 0 Å². The minimum Gasteiger partial charge on any atom is -0.444 e. The van der Waals surface area contributed by atoms with Crippen molar-refractivity contribution < 1.29 is 30.0 Å². The molecule has 1 heterocycles. The lowest BCUT2D eigenvalue weighted by Crippen LogP contribution is -2.64. The molecule has 1 aliphatic heterocycles.